The fourth-order valence-electron chi connectivity index (χ4n) is 3.67. The standard InChI is InChI=1S/C19H19F2NO2/c20-16-5-3-13(4-6-16)18-2-1-7-22(18)10-14-8-17(21)9-15-11-23-12-24-19(14)15/h3-6,8-9,18H,1-2,7,10-12H2. The van der Waals surface area contributed by atoms with E-state index in [9.17, 15) is 8.78 Å². The van der Waals surface area contributed by atoms with Crippen molar-refractivity contribution < 1.29 is 18.3 Å². The van der Waals surface area contributed by atoms with Crippen LogP contribution in [-0.2, 0) is 17.9 Å². The maximum atomic E-state index is 13.9. The largest absolute Gasteiger partial charge is 0.467 e. The predicted octanol–water partition coefficient (Wildman–Crippen LogP) is 4.17. The van der Waals surface area contributed by atoms with Crippen molar-refractivity contribution in [1.29, 1.82) is 0 Å². The van der Waals surface area contributed by atoms with Crippen molar-refractivity contribution in [2.45, 2.75) is 32.0 Å². The van der Waals surface area contributed by atoms with Crippen LogP contribution in [0.5, 0.6) is 5.75 Å². The van der Waals surface area contributed by atoms with Crippen LogP contribution in [0, 0.1) is 11.6 Å². The molecular formula is C19H19F2NO2. The Bertz CT molecular complexity index is 733. The molecule has 126 valence electrons. The summed E-state index contributed by atoms with van der Waals surface area (Å²) in [6, 6.07) is 9.91. The fraction of sp³-hybridized carbons (Fsp3) is 0.368. The minimum Gasteiger partial charge on any atom is -0.467 e. The Kier molecular flexibility index (Phi) is 4.21. The third-order valence-electron chi connectivity index (χ3n) is 4.74. The molecule has 2 heterocycles. The van der Waals surface area contributed by atoms with Crippen molar-refractivity contribution in [1.82, 2.24) is 4.90 Å². The van der Waals surface area contributed by atoms with Crippen LogP contribution in [0.2, 0.25) is 0 Å². The molecule has 0 aliphatic carbocycles. The average molecular weight is 331 g/mol. The maximum Gasteiger partial charge on any atom is 0.189 e. The van der Waals surface area contributed by atoms with E-state index in [0.29, 0.717) is 13.2 Å². The van der Waals surface area contributed by atoms with Crippen molar-refractivity contribution in [2.24, 2.45) is 0 Å². The lowest BCUT2D eigenvalue weighted by molar-refractivity contribution is -0.0177. The van der Waals surface area contributed by atoms with Crippen LogP contribution in [0.15, 0.2) is 36.4 Å². The van der Waals surface area contributed by atoms with Crippen LogP contribution in [0.3, 0.4) is 0 Å². The van der Waals surface area contributed by atoms with Gasteiger partial charge in [-0.05, 0) is 49.2 Å². The summed E-state index contributed by atoms with van der Waals surface area (Å²) in [7, 11) is 0. The summed E-state index contributed by atoms with van der Waals surface area (Å²) >= 11 is 0. The number of hydrogen-bond donors (Lipinski definition) is 0. The highest BCUT2D eigenvalue weighted by atomic mass is 19.1. The number of ether oxygens (including phenoxy) is 2. The zero-order valence-corrected chi connectivity index (χ0v) is 13.3. The number of benzene rings is 2. The van der Waals surface area contributed by atoms with E-state index in [2.05, 4.69) is 4.90 Å². The number of nitrogens with zero attached hydrogens (tertiary/aromatic N) is 1. The van der Waals surface area contributed by atoms with Crippen LogP contribution < -0.4 is 4.74 Å². The second-order valence-corrected chi connectivity index (χ2v) is 6.34. The monoisotopic (exact) mass is 331 g/mol. The SMILES string of the molecule is Fc1ccc(C2CCCN2Cc2cc(F)cc3c2OCOC3)cc1. The Labute approximate surface area is 139 Å². The second kappa shape index (κ2) is 6.49. The number of likely N-dealkylation sites (tertiary alicyclic amines) is 1. The molecule has 1 saturated heterocycles. The van der Waals surface area contributed by atoms with E-state index < -0.39 is 0 Å². The highest BCUT2D eigenvalue weighted by molar-refractivity contribution is 5.42. The van der Waals surface area contributed by atoms with Gasteiger partial charge in [-0.15, -0.1) is 0 Å². The van der Waals surface area contributed by atoms with Gasteiger partial charge in [-0.3, -0.25) is 4.90 Å². The molecule has 2 aromatic carbocycles. The Morgan fingerprint density at radius 2 is 1.92 bits per heavy atom. The smallest absolute Gasteiger partial charge is 0.189 e. The molecular weight excluding hydrogens is 312 g/mol. The fourth-order valence-corrected chi connectivity index (χ4v) is 3.67. The van der Waals surface area contributed by atoms with E-state index in [1.165, 1.54) is 18.2 Å². The average Bonchev–Trinajstić information content (AvgIpc) is 3.03. The first-order chi connectivity index (χ1) is 11.7. The Hall–Kier alpha value is -1.98. The predicted molar refractivity (Wildman–Crippen MR) is 85.5 cm³/mol. The van der Waals surface area contributed by atoms with Crippen molar-refractivity contribution in [3.05, 3.63) is 64.7 Å². The highest BCUT2D eigenvalue weighted by Crippen LogP contribution is 2.36. The van der Waals surface area contributed by atoms with Gasteiger partial charge >= 0.3 is 0 Å². The number of rotatable bonds is 3. The normalized spacial score (nSPS) is 20.7. The molecule has 3 nitrogen and oxygen atoms in total. The Morgan fingerprint density at radius 3 is 2.75 bits per heavy atom. The quantitative estimate of drug-likeness (QED) is 0.843. The molecule has 0 bridgehead atoms. The molecule has 0 aromatic heterocycles. The van der Waals surface area contributed by atoms with Gasteiger partial charge in [-0.2, -0.15) is 0 Å². The van der Waals surface area contributed by atoms with Crippen LogP contribution in [-0.4, -0.2) is 18.2 Å². The summed E-state index contributed by atoms with van der Waals surface area (Å²) in [5.74, 6) is 0.249. The molecule has 0 spiro atoms. The van der Waals surface area contributed by atoms with Crippen molar-refractivity contribution in [2.75, 3.05) is 13.3 Å². The van der Waals surface area contributed by atoms with E-state index in [1.807, 2.05) is 12.1 Å². The molecule has 1 unspecified atom stereocenters. The molecule has 1 fully saturated rings. The van der Waals surface area contributed by atoms with Gasteiger partial charge in [0.1, 0.15) is 17.4 Å². The summed E-state index contributed by atoms with van der Waals surface area (Å²) in [5.41, 5.74) is 2.71. The molecule has 0 saturated carbocycles. The van der Waals surface area contributed by atoms with Crippen LogP contribution >= 0.6 is 0 Å². The molecule has 1 atom stereocenters. The molecule has 24 heavy (non-hydrogen) atoms. The molecule has 2 aliphatic rings. The number of halogens is 2. The van der Waals surface area contributed by atoms with Gasteiger partial charge in [0.2, 0.25) is 0 Å². The van der Waals surface area contributed by atoms with E-state index in [0.717, 1.165) is 41.8 Å². The van der Waals surface area contributed by atoms with Crippen molar-refractivity contribution >= 4 is 0 Å². The molecule has 4 rings (SSSR count). The molecule has 0 N–H and O–H groups in total. The van der Waals surface area contributed by atoms with Crippen molar-refractivity contribution in [3.8, 4) is 5.75 Å². The molecule has 0 amide bonds. The van der Waals surface area contributed by atoms with Crippen LogP contribution in [0.25, 0.3) is 0 Å². The third-order valence-corrected chi connectivity index (χ3v) is 4.74. The third kappa shape index (κ3) is 3.01. The minimum atomic E-state index is -0.268. The lowest BCUT2D eigenvalue weighted by atomic mass is 10.0. The van der Waals surface area contributed by atoms with E-state index >= 15 is 0 Å². The van der Waals surface area contributed by atoms with E-state index in [-0.39, 0.29) is 24.5 Å². The van der Waals surface area contributed by atoms with Gasteiger partial charge in [0.25, 0.3) is 0 Å². The van der Waals surface area contributed by atoms with Crippen LogP contribution in [0.4, 0.5) is 8.78 Å². The summed E-state index contributed by atoms with van der Waals surface area (Å²) in [5, 5.41) is 0. The van der Waals surface area contributed by atoms with Gasteiger partial charge in [0.15, 0.2) is 6.79 Å². The summed E-state index contributed by atoms with van der Waals surface area (Å²) in [6.07, 6.45) is 2.09. The minimum absolute atomic E-state index is 0.201. The summed E-state index contributed by atoms with van der Waals surface area (Å²) in [6.45, 7) is 2.13. The van der Waals surface area contributed by atoms with Crippen LogP contribution in [0.1, 0.15) is 35.6 Å². The number of fused-ring (bicyclic) bond motifs is 1. The Morgan fingerprint density at radius 1 is 1.08 bits per heavy atom. The van der Waals surface area contributed by atoms with Gasteiger partial charge in [0.05, 0.1) is 6.61 Å². The van der Waals surface area contributed by atoms with E-state index in [4.69, 9.17) is 9.47 Å². The first-order valence-electron chi connectivity index (χ1n) is 8.22. The van der Waals surface area contributed by atoms with E-state index in [1.54, 1.807) is 6.07 Å². The molecule has 2 aromatic rings. The maximum absolute atomic E-state index is 13.9. The lowest BCUT2D eigenvalue weighted by Gasteiger charge is -2.27. The second-order valence-electron chi connectivity index (χ2n) is 6.34. The number of hydrogen-bond acceptors (Lipinski definition) is 3. The molecule has 5 heteroatoms. The molecule has 0 radical (unpaired) electrons. The zero-order chi connectivity index (χ0) is 16.5. The highest BCUT2D eigenvalue weighted by Gasteiger charge is 2.28. The van der Waals surface area contributed by atoms with Gasteiger partial charge in [-0.1, -0.05) is 12.1 Å². The molecule has 2 aliphatic heterocycles. The van der Waals surface area contributed by atoms with Gasteiger partial charge in [0, 0.05) is 23.7 Å². The lowest BCUT2D eigenvalue weighted by Crippen LogP contribution is -2.24. The topological polar surface area (TPSA) is 21.7 Å². The Balaban J connectivity index is 1.60. The van der Waals surface area contributed by atoms with Gasteiger partial charge < -0.3 is 9.47 Å². The van der Waals surface area contributed by atoms with Crippen molar-refractivity contribution in [3.63, 3.8) is 0 Å². The zero-order valence-electron chi connectivity index (χ0n) is 13.3. The first-order valence-corrected chi connectivity index (χ1v) is 8.22. The first kappa shape index (κ1) is 15.5. The van der Waals surface area contributed by atoms with Gasteiger partial charge in [-0.25, -0.2) is 8.78 Å². The summed E-state index contributed by atoms with van der Waals surface area (Å²) < 4.78 is 37.9. The summed E-state index contributed by atoms with van der Waals surface area (Å²) in [4.78, 5) is 2.31.